The van der Waals surface area contributed by atoms with Crippen molar-refractivity contribution in [1.82, 2.24) is 9.80 Å². The molecule has 0 spiro atoms. The molecule has 1 saturated heterocycles. The molecule has 0 aliphatic carbocycles. The van der Waals surface area contributed by atoms with Crippen LogP contribution in [0.15, 0.2) is 35.7 Å². The van der Waals surface area contributed by atoms with E-state index in [1.165, 1.54) is 10.4 Å². The second kappa shape index (κ2) is 6.68. The highest BCUT2D eigenvalue weighted by Gasteiger charge is 2.56. The molecule has 0 unspecified atom stereocenters. The van der Waals surface area contributed by atoms with Crippen LogP contribution in [-0.2, 0) is 17.9 Å². The molecule has 0 saturated carbocycles. The number of rotatable bonds is 5. The molecule has 1 aromatic heterocycles. The number of likely N-dealkylation sites (tertiary alicyclic amines) is 1. The fourth-order valence-electron chi connectivity index (χ4n) is 4.23. The summed E-state index contributed by atoms with van der Waals surface area (Å²) in [4.78, 5) is 17.9. The van der Waals surface area contributed by atoms with Crippen molar-refractivity contribution in [3.05, 3.63) is 51.7 Å². The van der Waals surface area contributed by atoms with Gasteiger partial charge >= 0.3 is 5.97 Å². The van der Waals surface area contributed by atoms with Crippen LogP contribution in [0, 0.1) is 5.41 Å². The van der Waals surface area contributed by atoms with E-state index in [1.807, 2.05) is 24.3 Å². The van der Waals surface area contributed by atoms with E-state index in [9.17, 15) is 9.90 Å². The summed E-state index contributed by atoms with van der Waals surface area (Å²) >= 11 is 1.76. The van der Waals surface area contributed by atoms with Gasteiger partial charge in [0, 0.05) is 37.0 Å². The molecule has 138 valence electrons. The zero-order valence-electron chi connectivity index (χ0n) is 15.1. The number of hydrogen-bond donors (Lipinski definition) is 1. The molecule has 1 N–H and O–H groups in total. The summed E-state index contributed by atoms with van der Waals surface area (Å²) < 4.78 is 5.84. The predicted molar refractivity (Wildman–Crippen MR) is 102 cm³/mol. The number of nitrogens with zero attached hydrogens (tertiary/aromatic N) is 2. The van der Waals surface area contributed by atoms with Gasteiger partial charge in [-0.3, -0.25) is 9.69 Å². The Morgan fingerprint density at radius 1 is 1.42 bits per heavy atom. The van der Waals surface area contributed by atoms with Crippen molar-refractivity contribution in [2.75, 3.05) is 33.8 Å². The van der Waals surface area contributed by atoms with Crippen LogP contribution in [0.5, 0.6) is 5.75 Å². The molecule has 0 bridgehead atoms. The largest absolute Gasteiger partial charge is 0.492 e. The van der Waals surface area contributed by atoms with Gasteiger partial charge in [-0.25, -0.2) is 0 Å². The summed E-state index contributed by atoms with van der Waals surface area (Å²) in [6, 6.07) is 10.1. The average molecular weight is 372 g/mol. The zero-order chi connectivity index (χ0) is 18.3. The number of carboxylic acids is 1. The molecule has 3 heterocycles. The standard InChI is InChI=1S/C20H24N2O3S/c1-21(2)8-14-7-15(26-11-14)9-22-10-17-16-5-3-4-6-18(16)25-13-20(17,12-22)19(23)24/h3-7,11,17H,8-10,12-13H2,1-2H3,(H,23,24)/t17-,20-/m0/s1. The highest BCUT2D eigenvalue weighted by Crippen LogP contribution is 2.50. The van der Waals surface area contributed by atoms with Crippen molar-refractivity contribution in [2.45, 2.75) is 19.0 Å². The van der Waals surface area contributed by atoms with E-state index < -0.39 is 11.4 Å². The van der Waals surface area contributed by atoms with Gasteiger partial charge in [0.2, 0.25) is 0 Å². The van der Waals surface area contributed by atoms with E-state index >= 15 is 0 Å². The molecule has 0 amide bonds. The molecule has 2 aliphatic rings. The zero-order valence-corrected chi connectivity index (χ0v) is 16.0. The third-order valence-corrected chi connectivity index (χ3v) is 6.38. The van der Waals surface area contributed by atoms with E-state index in [1.54, 1.807) is 11.3 Å². The maximum atomic E-state index is 12.2. The maximum absolute atomic E-state index is 12.2. The van der Waals surface area contributed by atoms with Crippen LogP contribution in [0.3, 0.4) is 0 Å². The number of para-hydroxylation sites is 1. The van der Waals surface area contributed by atoms with Crippen molar-refractivity contribution in [3.63, 3.8) is 0 Å². The Morgan fingerprint density at radius 2 is 2.23 bits per heavy atom. The van der Waals surface area contributed by atoms with Gasteiger partial charge in [0.15, 0.2) is 0 Å². The lowest BCUT2D eigenvalue weighted by Gasteiger charge is -2.35. The molecule has 2 aliphatic heterocycles. The Bertz CT molecular complexity index is 819. The Morgan fingerprint density at radius 3 is 3.00 bits per heavy atom. The second-order valence-electron chi connectivity index (χ2n) is 7.67. The first-order valence-corrected chi connectivity index (χ1v) is 9.74. The number of carbonyl (C=O) groups is 1. The smallest absolute Gasteiger partial charge is 0.315 e. The van der Waals surface area contributed by atoms with E-state index in [-0.39, 0.29) is 12.5 Å². The SMILES string of the molecule is CN(C)Cc1csc(CN2C[C@H]3c4ccccc4OC[C@@]3(C(=O)O)C2)c1. The molecular weight excluding hydrogens is 348 g/mol. The van der Waals surface area contributed by atoms with Crippen molar-refractivity contribution in [1.29, 1.82) is 0 Å². The van der Waals surface area contributed by atoms with Gasteiger partial charge in [-0.1, -0.05) is 18.2 Å². The van der Waals surface area contributed by atoms with Gasteiger partial charge in [0.25, 0.3) is 0 Å². The summed E-state index contributed by atoms with van der Waals surface area (Å²) in [5, 5.41) is 12.2. The summed E-state index contributed by atoms with van der Waals surface area (Å²) in [6.07, 6.45) is 0. The second-order valence-corrected chi connectivity index (χ2v) is 8.66. The minimum Gasteiger partial charge on any atom is -0.492 e. The molecule has 0 radical (unpaired) electrons. The number of ether oxygens (including phenoxy) is 1. The van der Waals surface area contributed by atoms with Gasteiger partial charge in [-0.2, -0.15) is 0 Å². The Kier molecular flexibility index (Phi) is 4.50. The summed E-state index contributed by atoms with van der Waals surface area (Å²) in [7, 11) is 4.13. The number of benzene rings is 1. The summed E-state index contributed by atoms with van der Waals surface area (Å²) in [5.41, 5.74) is 1.49. The number of aliphatic carboxylic acids is 1. The van der Waals surface area contributed by atoms with Crippen LogP contribution < -0.4 is 4.74 Å². The number of hydrogen-bond acceptors (Lipinski definition) is 5. The first-order valence-electron chi connectivity index (χ1n) is 8.86. The lowest BCUT2D eigenvalue weighted by atomic mass is 9.73. The highest BCUT2D eigenvalue weighted by molar-refractivity contribution is 7.10. The molecule has 2 atom stereocenters. The molecular formula is C20H24N2O3S. The fraction of sp³-hybridized carbons (Fsp3) is 0.450. The van der Waals surface area contributed by atoms with E-state index in [0.29, 0.717) is 6.54 Å². The normalized spacial score (nSPS) is 25.0. The minimum absolute atomic E-state index is 0.0221. The van der Waals surface area contributed by atoms with Crippen molar-refractivity contribution >= 4 is 17.3 Å². The van der Waals surface area contributed by atoms with E-state index in [0.717, 1.165) is 30.9 Å². The Balaban J connectivity index is 1.56. The Labute approximate surface area is 157 Å². The first-order chi connectivity index (χ1) is 12.5. The average Bonchev–Trinajstić information content (AvgIpc) is 3.19. The van der Waals surface area contributed by atoms with Crippen molar-refractivity contribution in [2.24, 2.45) is 5.41 Å². The predicted octanol–water partition coefficient (Wildman–Crippen LogP) is 2.87. The van der Waals surface area contributed by atoms with Crippen LogP contribution >= 0.6 is 11.3 Å². The molecule has 5 nitrogen and oxygen atoms in total. The van der Waals surface area contributed by atoms with Gasteiger partial charge < -0.3 is 14.7 Å². The van der Waals surface area contributed by atoms with Crippen LogP contribution in [0.1, 0.15) is 21.9 Å². The molecule has 6 heteroatoms. The number of thiophene rings is 1. The monoisotopic (exact) mass is 372 g/mol. The molecule has 4 rings (SSSR count). The lowest BCUT2D eigenvalue weighted by molar-refractivity contribution is -0.151. The Hall–Kier alpha value is -1.89. The molecule has 1 fully saturated rings. The van der Waals surface area contributed by atoms with E-state index in [4.69, 9.17) is 4.74 Å². The van der Waals surface area contributed by atoms with Crippen molar-refractivity contribution in [3.8, 4) is 5.75 Å². The van der Waals surface area contributed by atoms with Gasteiger partial charge in [0.1, 0.15) is 17.8 Å². The van der Waals surface area contributed by atoms with Crippen LogP contribution in [0.4, 0.5) is 0 Å². The first kappa shape index (κ1) is 17.5. The number of carboxylic acid groups (broad SMARTS) is 1. The minimum atomic E-state index is -0.849. The van der Waals surface area contributed by atoms with Crippen LogP contribution in [-0.4, -0.2) is 54.7 Å². The van der Waals surface area contributed by atoms with Crippen LogP contribution in [0.2, 0.25) is 0 Å². The van der Waals surface area contributed by atoms with Crippen molar-refractivity contribution < 1.29 is 14.6 Å². The summed E-state index contributed by atoms with van der Waals surface area (Å²) in [6.45, 7) is 3.26. The van der Waals surface area contributed by atoms with E-state index in [2.05, 4.69) is 35.3 Å². The topological polar surface area (TPSA) is 53.0 Å². The molecule has 1 aromatic carbocycles. The fourth-order valence-corrected chi connectivity index (χ4v) is 5.15. The summed E-state index contributed by atoms with van der Waals surface area (Å²) in [5.74, 6) is 0.0609. The quantitative estimate of drug-likeness (QED) is 0.875. The molecule has 2 aromatic rings. The highest BCUT2D eigenvalue weighted by atomic mass is 32.1. The van der Waals surface area contributed by atoms with Crippen LogP contribution in [0.25, 0.3) is 0 Å². The van der Waals surface area contributed by atoms with Gasteiger partial charge in [0.05, 0.1) is 0 Å². The molecule has 26 heavy (non-hydrogen) atoms. The van der Waals surface area contributed by atoms with Gasteiger partial charge in [-0.15, -0.1) is 11.3 Å². The maximum Gasteiger partial charge on any atom is 0.315 e. The number of fused-ring (bicyclic) bond motifs is 3. The van der Waals surface area contributed by atoms with Gasteiger partial charge in [-0.05, 0) is 42.7 Å². The third-order valence-electron chi connectivity index (χ3n) is 5.41. The third kappa shape index (κ3) is 3.02. The lowest BCUT2D eigenvalue weighted by Crippen LogP contribution is -2.45.